The molecule has 0 radical (unpaired) electrons. The average Bonchev–Trinajstić information content (AvgIpc) is 2.59. The van der Waals surface area contributed by atoms with Crippen LogP contribution in [0, 0.1) is 0 Å². The minimum atomic E-state index is 0.382. The Morgan fingerprint density at radius 1 is 1.09 bits per heavy atom. The number of benzene rings is 2. The first kappa shape index (κ1) is 16.0. The number of methoxy groups -OCH3 is 1. The molecule has 23 heavy (non-hydrogen) atoms. The SMILES string of the molecule is COc1c(N)nc(SCc2ccc3ccccc3c2)nc1SC. The molecule has 0 aliphatic heterocycles. The van der Waals surface area contributed by atoms with E-state index in [9.17, 15) is 0 Å². The highest BCUT2D eigenvalue weighted by Gasteiger charge is 2.12. The van der Waals surface area contributed by atoms with Crippen LogP contribution in [0.25, 0.3) is 10.8 Å². The van der Waals surface area contributed by atoms with E-state index in [1.54, 1.807) is 18.9 Å². The quantitative estimate of drug-likeness (QED) is 0.425. The van der Waals surface area contributed by atoms with Crippen molar-refractivity contribution in [3.8, 4) is 5.75 Å². The maximum absolute atomic E-state index is 5.95. The zero-order valence-corrected chi connectivity index (χ0v) is 14.6. The lowest BCUT2D eigenvalue weighted by molar-refractivity contribution is 0.399. The molecule has 0 atom stereocenters. The van der Waals surface area contributed by atoms with Gasteiger partial charge in [0.05, 0.1) is 7.11 Å². The number of nitrogens with zero attached hydrogens (tertiary/aromatic N) is 2. The van der Waals surface area contributed by atoms with Crippen LogP contribution in [0.4, 0.5) is 5.82 Å². The van der Waals surface area contributed by atoms with Crippen LogP contribution in [-0.2, 0) is 5.75 Å². The Morgan fingerprint density at radius 3 is 2.61 bits per heavy atom. The fourth-order valence-electron chi connectivity index (χ4n) is 2.30. The largest absolute Gasteiger partial charge is 0.490 e. The number of fused-ring (bicyclic) bond motifs is 1. The van der Waals surface area contributed by atoms with Crippen molar-refractivity contribution >= 4 is 40.1 Å². The standard InChI is InChI=1S/C17H17N3OS2/c1-21-14-15(18)19-17(20-16(14)22-2)23-10-11-7-8-12-5-3-4-6-13(12)9-11/h3-9H,10H2,1-2H3,(H2,18,19,20). The molecule has 3 rings (SSSR count). The van der Waals surface area contributed by atoms with E-state index >= 15 is 0 Å². The molecule has 0 spiro atoms. The van der Waals surface area contributed by atoms with E-state index in [2.05, 4.69) is 52.4 Å². The molecule has 4 nitrogen and oxygen atoms in total. The monoisotopic (exact) mass is 343 g/mol. The molecule has 0 saturated heterocycles. The van der Waals surface area contributed by atoms with Gasteiger partial charge in [-0.05, 0) is 22.6 Å². The normalized spacial score (nSPS) is 10.9. The molecule has 1 aromatic heterocycles. The van der Waals surface area contributed by atoms with Crippen LogP contribution in [-0.4, -0.2) is 23.3 Å². The van der Waals surface area contributed by atoms with Gasteiger partial charge in [0.2, 0.25) is 0 Å². The van der Waals surface area contributed by atoms with Crippen LogP contribution in [0.15, 0.2) is 52.6 Å². The van der Waals surface area contributed by atoms with Gasteiger partial charge in [-0.1, -0.05) is 54.2 Å². The first-order chi connectivity index (χ1) is 11.2. The third kappa shape index (κ3) is 3.54. The first-order valence-electron chi connectivity index (χ1n) is 7.07. The van der Waals surface area contributed by atoms with Crippen molar-refractivity contribution in [2.75, 3.05) is 19.1 Å². The molecule has 2 aromatic carbocycles. The lowest BCUT2D eigenvalue weighted by atomic mass is 10.1. The average molecular weight is 343 g/mol. The molecular weight excluding hydrogens is 326 g/mol. The highest BCUT2D eigenvalue weighted by atomic mass is 32.2. The Labute approximate surface area is 143 Å². The van der Waals surface area contributed by atoms with Crippen LogP contribution < -0.4 is 10.5 Å². The van der Waals surface area contributed by atoms with Gasteiger partial charge in [0.1, 0.15) is 5.03 Å². The maximum atomic E-state index is 5.95. The summed E-state index contributed by atoms with van der Waals surface area (Å²) in [4.78, 5) is 8.83. The van der Waals surface area contributed by atoms with Crippen LogP contribution >= 0.6 is 23.5 Å². The van der Waals surface area contributed by atoms with Crippen LogP contribution in [0.3, 0.4) is 0 Å². The summed E-state index contributed by atoms with van der Waals surface area (Å²) in [6.07, 6.45) is 1.95. The number of hydrogen-bond donors (Lipinski definition) is 1. The van der Waals surface area contributed by atoms with E-state index in [1.165, 1.54) is 28.1 Å². The molecule has 6 heteroatoms. The van der Waals surface area contributed by atoms with Gasteiger partial charge in [0, 0.05) is 5.75 Å². The van der Waals surface area contributed by atoms with Gasteiger partial charge in [0.25, 0.3) is 0 Å². The molecule has 0 unspecified atom stereocenters. The Hall–Kier alpha value is -1.92. The molecule has 0 amide bonds. The van der Waals surface area contributed by atoms with Gasteiger partial charge in [-0.15, -0.1) is 11.8 Å². The molecule has 0 bridgehead atoms. The zero-order valence-electron chi connectivity index (χ0n) is 12.9. The number of aromatic nitrogens is 2. The van der Waals surface area contributed by atoms with Crippen molar-refractivity contribution in [3.63, 3.8) is 0 Å². The zero-order chi connectivity index (χ0) is 16.2. The number of nitrogens with two attached hydrogens (primary N) is 1. The predicted octanol–water partition coefficient (Wildman–Crippen LogP) is 4.23. The highest BCUT2D eigenvalue weighted by Crippen LogP contribution is 2.33. The Morgan fingerprint density at radius 2 is 1.87 bits per heavy atom. The minimum Gasteiger partial charge on any atom is -0.490 e. The summed E-state index contributed by atoms with van der Waals surface area (Å²) < 4.78 is 5.25. The van der Waals surface area contributed by atoms with Crippen LogP contribution in [0.1, 0.15) is 5.56 Å². The predicted molar refractivity (Wildman–Crippen MR) is 98.3 cm³/mol. The van der Waals surface area contributed by atoms with Crippen molar-refractivity contribution in [2.24, 2.45) is 0 Å². The lowest BCUT2D eigenvalue weighted by Gasteiger charge is -2.10. The van der Waals surface area contributed by atoms with Crippen LogP contribution in [0.5, 0.6) is 5.75 Å². The second-order valence-corrected chi connectivity index (χ2v) is 6.64. The van der Waals surface area contributed by atoms with Crippen LogP contribution in [0.2, 0.25) is 0 Å². The van der Waals surface area contributed by atoms with Gasteiger partial charge < -0.3 is 10.5 Å². The van der Waals surface area contributed by atoms with E-state index in [4.69, 9.17) is 10.5 Å². The summed E-state index contributed by atoms with van der Waals surface area (Å²) >= 11 is 3.08. The molecule has 1 heterocycles. The van der Waals surface area contributed by atoms with Crippen molar-refractivity contribution in [3.05, 3.63) is 48.0 Å². The van der Waals surface area contributed by atoms with Gasteiger partial charge in [0.15, 0.2) is 16.7 Å². The van der Waals surface area contributed by atoms with Gasteiger partial charge in [-0.2, -0.15) is 0 Å². The number of nitrogen functional groups attached to an aromatic ring is 1. The Bertz CT molecular complexity index is 839. The molecule has 2 N–H and O–H groups in total. The van der Waals surface area contributed by atoms with E-state index in [0.29, 0.717) is 16.7 Å². The number of rotatable bonds is 5. The number of ether oxygens (including phenoxy) is 1. The second-order valence-electron chi connectivity index (χ2n) is 4.90. The topological polar surface area (TPSA) is 61.0 Å². The third-order valence-corrected chi connectivity index (χ3v) is 5.00. The molecule has 0 aliphatic rings. The smallest absolute Gasteiger partial charge is 0.193 e. The molecule has 0 fully saturated rings. The minimum absolute atomic E-state index is 0.382. The van der Waals surface area contributed by atoms with Gasteiger partial charge >= 0.3 is 0 Å². The molecule has 3 aromatic rings. The first-order valence-corrected chi connectivity index (χ1v) is 9.28. The third-order valence-electron chi connectivity index (χ3n) is 3.42. The van der Waals surface area contributed by atoms with Gasteiger partial charge in [-0.25, -0.2) is 9.97 Å². The van der Waals surface area contributed by atoms with Crippen molar-refractivity contribution in [1.29, 1.82) is 0 Å². The second kappa shape index (κ2) is 7.10. The molecular formula is C17H17N3OS2. The number of thioether (sulfide) groups is 2. The Kier molecular flexibility index (Phi) is 4.93. The van der Waals surface area contributed by atoms with Gasteiger partial charge in [-0.3, -0.25) is 0 Å². The fraction of sp³-hybridized carbons (Fsp3) is 0.176. The van der Waals surface area contributed by atoms with E-state index in [0.717, 1.165) is 10.8 Å². The summed E-state index contributed by atoms with van der Waals surface area (Å²) in [7, 11) is 1.58. The highest BCUT2D eigenvalue weighted by molar-refractivity contribution is 7.99. The van der Waals surface area contributed by atoms with E-state index < -0.39 is 0 Å². The van der Waals surface area contributed by atoms with E-state index in [-0.39, 0.29) is 0 Å². The molecule has 0 saturated carbocycles. The van der Waals surface area contributed by atoms with Crippen molar-refractivity contribution < 1.29 is 4.74 Å². The lowest BCUT2D eigenvalue weighted by Crippen LogP contribution is -2.01. The molecule has 118 valence electrons. The Balaban J connectivity index is 1.80. The summed E-state index contributed by atoms with van der Waals surface area (Å²) in [5.74, 6) is 1.73. The number of anilines is 1. The maximum Gasteiger partial charge on any atom is 0.193 e. The summed E-state index contributed by atoms with van der Waals surface area (Å²) in [5.41, 5.74) is 7.18. The number of hydrogen-bond acceptors (Lipinski definition) is 6. The van der Waals surface area contributed by atoms with Crippen molar-refractivity contribution in [1.82, 2.24) is 9.97 Å². The molecule has 0 aliphatic carbocycles. The fourth-order valence-corrected chi connectivity index (χ4v) is 3.70. The summed E-state index contributed by atoms with van der Waals surface area (Å²) in [6.45, 7) is 0. The van der Waals surface area contributed by atoms with E-state index in [1.807, 2.05) is 6.26 Å². The van der Waals surface area contributed by atoms with Crippen molar-refractivity contribution in [2.45, 2.75) is 15.9 Å². The summed E-state index contributed by atoms with van der Waals surface area (Å²) in [6, 6.07) is 14.8. The summed E-state index contributed by atoms with van der Waals surface area (Å²) in [5, 5.41) is 3.92.